The fourth-order valence-electron chi connectivity index (χ4n) is 6.05. The molecule has 180 valence electrons. The van der Waals surface area contributed by atoms with Gasteiger partial charge in [-0.25, -0.2) is 13.9 Å². The molecule has 0 N–H and O–H groups in total. The van der Waals surface area contributed by atoms with Crippen LogP contribution < -0.4 is 0 Å². The Morgan fingerprint density at radius 2 is 1.77 bits per heavy atom. The maximum atomic E-state index is 13.4. The van der Waals surface area contributed by atoms with Crippen LogP contribution in [-0.2, 0) is 20.7 Å². The van der Waals surface area contributed by atoms with Crippen molar-refractivity contribution < 1.29 is 23.5 Å². The summed E-state index contributed by atoms with van der Waals surface area (Å²) in [7, 11) is 2.75. The maximum absolute atomic E-state index is 13.4. The van der Waals surface area contributed by atoms with E-state index in [9.17, 15) is 18.8 Å². The lowest BCUT2D eigenvalue weighted by molar-refractivity contribution is -0.183. The molecule has 35 heavy (non-hydrogen) atoms. The highest BCUT2D eigenvalue weighted by atomic mass is 19.1. The minimum atomic E-state index is -1.70. The van der Waals surface area contributed by atoms with Crippen LogP contribution in [0.5, 0.6) is 0 Å². The van der Waals surface area contributed by atoms with Crippen LogP contribution in [0.25, 0.3) is 11.8 Å². The van der Waals surface area contributed by atoms with E-state index >= 15 is 0 Å². The van der Waals surface area contributed by atoms with E-state index in [0.717, 1.165) is 38.7 Å². The van der Waals surface area contributed by atoms with Gasteiger partial charge >= 0.3 is 6.03 Å². The lowest BCUT2D eigenvalue weighted by Crippen LogP contribution is -2.69. The number of imide groups is 2. The van der Waals surface area contributed by atoms with Crippen molar-refractivity contribution in [3.05, 3.63) is 64.8 Å². The molecule has 1 aromatic heterocycles. The van der Waals surface area contributed by atoms with Crippen molar-refractivity contribution in [2.45, 2.75) is 44.3 Å². The summed E-state index contributed by atoms with van der Waals surface area (Å²) in [6.07, 6.45) is 7.72. The molecular weight excluding hydrogens is 451 g/mol. The molecule has 1 aromatic carbocycles. The summed E-state index contributed by atoms with van der Waals surface area (Å²) in [6, 6.07) is 5.61. The second-order valence-electron chi connectivity index (χ2n) is 9.97. The number of barbiturate groups is 1. The van der Waals surface area contributed by atoms with Gasteiger partial charge in [-0.05, 0) is 60.7 Å². The van der Waals surface area contributed by atoms with Crippen molar-refractivity contribution in [3.63, 3.8) is 0 Å². The molecule has 2 aromatic rings. The molecule has 6 rings (SSSR count). The number of benzene rings is 1. The van der Waals surface area contributed by atoms with Crippen molar-refractivity contribution in [2.24, 2.45) is 5.41 Å². The molecule has 9 heteroatoms. The summed E-state index contributed by atoms with van der Waals surface area (Å²) >= 11 is 0. The summed E-state index contributed by atoms with van der Waals surface area (Å²) in [5.41, 5.74) is 3.11. The van der Waals surface area contributed by atoms with Gasteiger partial charge < -0.3 is 4.74 Å². The van der Waals surface area contributed by atoms with E-state index in [1.165, 1.54) is 31.8 Å². The lowest BCUT2D eigenvalue weighted by Gasteiger charge is -2.51. The van der Waals surface area contributed by atoms with Gasteiger partial charge in [0.1, 0.15) is 5.82 Å². The molecule has 2 atom stereocenters. The standard InChI is InChI=1S/C26H25FN4O4/c1-25-13-15-14-28-31(18-7-5-17(27)6-8-18)20(15)12-16(25)4-9-21-19(25)10-11-26(35-21)22(32)29(2)24(34)30(3)23(26)33/h5-8,10,12,14,21H,4,9,11,13H2,1-3H3/t21-,25-/m0/s1. The fraction of sp³-hybridized carbons (Fsp3) is 0.385. The maximum Gasteiger partial charge on any atom is 0.333 e. The highest BCUT2D eigenvalue weighted by molar-refractivity contribution is 6.21. The van der Waals surface area contributed by atoms with Gasteiger partial charge in [-0.3, -0.25) is 19.4 Å². The minimum absolute atomic E-state index is 0.0863. The number of hydrogen-bond acceptors (Lipinski definition) is 5. The first-order valence-electron chi connectivity index (χ1n) is 11.7. The van der Waals surface area contributed by atoms with Gasteiger partial charge in [0, 0.05) is 25.9 Å². The lowest BCUT2D eigenvalue weighted by atomic mass is 9.60. The van der Waals surface area contributed by atoms with Crippen molar-refractivity contribution in [1.82, 2.24) is 19.6 Å². The Morgan fingerprint density at radius 3 is 2.46 bits per heavy atom. The quantitative estimate of drug-likeness (QED) is 0.466. The number of fused-ring (bicyclic) bond motifs is 4. The van der Waals surface area contributed by atoms with E-state index in [1.807, 2.05) is 17.0 Å². The second kappa shape index (κ2) is 7.21. The van der Waals surface area contributed by atoms with Gasteiger partial charge in [-0.15, -0.1) is 0 Å². The molecule has 0 unspecified atom stereocenters. The van der Waals surface area contributed by atoms with Crippen LogP contribution >= 0.6 is 0 Å². The van der Waals surface area contributed by atoms with Gasteiger partial charge in [0.05, 0.1) is 23.7 Å². The van der Waals surface area contributed by atoms with Crippen LogP contribution in [0, 0.1) is 11.2 Å². The topological polar surface area (TPSA) is 84.7 Å². The number of aromatic nitrogens is 2. The molecule has 0 radical (unpaired) electrons. The Morgan fingerprint density at radius 1 is 1.09 bits per heavy atom. The number of carbonyl (C=O) groups is 3. The normalized spacial score (nSPS) is 27.3. The molecule has 4 aliphatic rings. The molecule has 3 heterocycles. The first kappa shape index (κ1) is 21.9. The third kappa shape index (κ3) is 2.87. The van der Waals surface area contributed by atoms with Crippen LogP contribution in [0.1, 0.15) is 37.4 Å². The number of likely N-dealkylation sites (N-methyl/N-ethyl adjacent to an activating group) is 2. The largest absolute Gasteiger partial charge is 0.348 e. The number of amides is 4. The van der Waals surface area contributed by atoms with E-state index in [0.29, 0.717) is 12.8 Å². The van der Waals surface area contributed by atoms with E-state index in [-0.39, 0.29) is 17.7 Å². The number of ether oxygens (including phenoxy) is 1. The van der Waals surface area contributed by atoms with E-state index in [4.69, 9.17) is 4.74 Å². The molecular formula is C26H25FN4O4. The Hall–Kier alpha value is -3.59. The molecule has 8 nitrogen and oxygen atoms in total. The summed E-state index contributed by atoms with van der Waals surface area (Å²) in [5, 5.41) is 4.57. The number of nitrogens with zero attached hydrogens (tertiary/aromatic N) is 4. The SMILES string of the molecule is CN1C(=O)N(C)C(=O)C2(CC=C3[C@H](CCC4=Cc5c(cnn5-c5ccc(F)cc5)C[C@@]43C)O2)C1=O. The summed E-state index contributed by atoms with van der Waals surface area (Å²) in [6.45, 7) is 2.17. The van der Waals surface area contributed by atoms with Crippen molar-refractivity contribution in [3.8, 4) is 5.69 Å². The Balaban J connectivity index is 1.37. The molecule has 1 saturated heterocycles. The zero-order chi connectivity index (χ0) is 24.7. The molecule has 2 fully saturated rings. The third-order valence-corrected chi connectivity index (χ3v) is 8.01. The van der Waals surface area contributed by atoms with Crippen LogP contribution in [0.2, 0.25) is 0 Å². The van der Waals surface area contributed by atoms with Gasteiger partial charge in [0.25, 0.3) is 11.8 Å². The van der Waals surface area contributed by atoms with Crippen molar-refractivity contribution in [2.75, 3.05) is 14.1 Å². The number of allylic oxidation sites excluding steroid dienone is 1. The first-order chi connectivity index (χ1) is 16.7. The first-order valence-corrected chi connectivity index (χ1v) is 11.7. The van der Waals surface area contributed by atoms with E-state index < -0.39 is 29.6 Å². The Bertz CT molecular complexity index is 1330. The van der Waals surface area contributed by atoms with E-state index in [2.05, 4.69) is 18.1 Å². The number of halogens is 1. The monoisotopic (exact) mass is 476 g/mol. The predicted octanol–water partition coefficient (Wildman–Crippen LogP) is 3.26. The van der Waals surface area contributed by atoms with Crippen molar-refractivity contribution in [1.29, 1.82) is 0 Å². The predicted molar refractivity (Wildman–Crippen MR) is 124 cm³/mol. The smallest absolute Gasteiger partial charge is 0.333 e. The van der Waals surface area contributed by atoms with Gasteiger partial charge in [-0.1, -0.05) is 18.6 Å². The number of carbonyl (C=O) groups excluding carboxylic acids is 3. The summed E-state index contributed by atoms with van der Waals surface area (Å²) in [4.78, 5) is 40.3. The van der Waals surface area contributed by atoms with Crippen LogP contribution in [-0.4, -0.2) is 63.2 Å². The molecule has 0 bridgehead atoms. The molecule has 1 spiro atoms. The van der Waals surface area contributed by atoms with Gasteiger partial charge in [-0.2, -0.15) is 5.10 Å². The van der Waals surface area contributed by atoms with Gasteiger partial charge in [0.2, 0.25) is 5.60 Å². The average Bonchev–Trinajstić information content (AvgIpc) is 3.26. The van der Waals surface area contributed by atoms with Crippen LogP contribution in [0.15, 0.2) is 47.7 Å². The average molecular weight is 477 g/mol. The summed E-state index contributed by atoms with van der Waals surface area (Å²) < 4.78 is 21.6. The highest BCUT2D eigenvalue weighted by Crippen LogP contribution is 2.54. The molecule has 2 aliphatic carbocycles. The van der Waals surface area contributed by atoms with Crippen LogP contribution in [0.4, 0.5) is 9.18 Å². The third-order valence-electron chi connectivity index (χ3n) is 8.01. The molecule has 1 saturated carbocycles. The minimum Gasteiger partial charge on any atom is -0.348 e. The second-order valence-corrected chi connectivity index (χ2v) is 9.97. The zero-order valence-electron chi connectivity index (χ0n) is 19.7. The number of rotatable bonds is 1. The van der Waals surface area contributed by atoms with Crippen LogP contribution in [0.3, 0.4) is 0 Å². The number of urea groups is 1. The molecule has 2 aliphatic heterocycles. The fourth-order valence-corrected chi connectivity index (χ4v) is 6.05. The summed E-state index contributed by atoms with van der Waals surface area (Å²) in [5.74, 6) is -1.52. The van der Waals surface area contributed by atoms with E-state index in [1.54, 1.807) is 12.1 Å². The van der Waals surface area contributed by atoms with Crippen molar-refractivity contribution >= 4 is 23.9 Å². The Kier molecular flexibility index (Phi) is 4.51. The highest BCUT2D eigenvalue weighted by Gasteiger charge is 2.60. The molecule has 4 amide bonds. The number of hydrogen-bond donors (Lipinski definition) is 0. The Labute approximate surface area is 201 Å². The van der Waals surface area contributed by atoms with Gasteiger partial charge in [0.15, 0.2) is 0 Å². The zero-order valence-corrected chi connectivity index (χ0v) is 19.7.